The zero-order chi connectivity index (χ0) is 13.1. The van der Waals surface area contributed by atoms with Gasteiger partial charge in [0.15, 0.2) is 0 Å². The first-order valence-electron chi connectivity index (χ1n) is 5.51. The fraction of sp³-hybridized carbons (Fsp3) is 0.143. The van der Waals surface area contributed by atoms with E-state index in [2.05, 4.69) is 4.98 Å². The molecule has 2 rings (SSSR count). The SMILES string of the molecule is Cc1cc(C(=O)O)ccc1Oc1ncccc1C. The van der Waals surface area contributed by atoms with Crippen LogP contribution in [0.1, 0.15) is 21.5 Å². The number of carboxylic acids is 1. The second kappa shape index (κ2) is 4.87. The molecule has 0 amide bonds. The van der Waals surface area contributed by atoms with Gasteiger partial charge in [0.05, 0.1) is 5.56 Å². The Hall–Kier alpha value is -2.36. The Labute approximate surface area is 105 Å². The van der Waals surface area contributed by atoms with E-state index in [0.717, 1.165) is 11.1 Å². The number of pyridine rings is 1. The predicted molar refractivity (Wildman–Crippen MR) is 67.2 cm³/mol. The van der Waals surface area contributed by atoms with Gasteiger partial charge in [0.2, 0.25) is 5.88 Å². The Kier molecular flexibility index (Phi) is 3.28. The first kappa shape index (κ1) is 12.1. The summed E-state index contributed by atoms with van der Waals surface area (Å²) in [5.74, 6) is 0.198. The van der Waals surface area contributed by atoms with Crippen molar-refractivity contribution in [3.63, 3.8) is 0 Å². The van der Waals surface area contributed by atoms with E-state index in [9.17, 15) is 4.79 Å². The summed E-state index contributed by atoms with van der Waals surface area (Å²) in [6.45, 7) is 3.71. The number of aryl methyl sites for hydroxylation is 2. The van der Waals surface area contributed by atoms with Crippen LogP contribution < -0.4 is 4.74 Å². The van der Waals surface area contributed by atoms with E-state index in [-0.39, 0.29) is 5.56 Å². The minimum absolute atomic E-state index is 0.248. The van der Waals surface area contributed by atoms with Crippen LogP contribution in [0.3, 0.4) is 0 Å². The number of aromatic carboxylic acids is 1. The molecule has 1 aromatic carbocycles. The number of benzene rings is 1. The van der Waals surface area contributed by atoms with Crippen molar-refractivity contribution in [2.24, 2.45) is 0 Å². The van der Waals surface area contributed by atoms with Gasteiger partial charge in [-0.1, -0.05) is 6.07 Å². The maximum atomic E-state index is 10.8. The molecule has 0 saturated carbocycles. The van der Waals surface area contributed by atoms with Gasteiger partial charge in [-0.3, -0.25) is 0 Å². The van der Waals surface area contributed by atoms with Crippen molar-refractivity contribution in [2.45, 2.75) is 13.8 Å². The quantitative estimate of drug-likeness (QED) is 0.899. The highest BCUT2D eigenvalue weighted by atomic mass is 16.5. The standard InChI is InChI=1S/C14H13NO3/c1-9-4-3-7-15-13(9)18-12-6-5-11(14(16)17)8-10(12)2/h3-8H,1-2H3,(H,16,17). The van der Waals surface area contributed by atoms with Crippen molar-refractivity contribution >= 4 is 5.97 Å². The maximum absolute atomic E-state index is 10.8. The molecule has 2 aromatic rings. The summed E-state index contributed by atoms with van der Waals surface area (Å²) in [6, 6.07) is 8.48. The van der Waals surface area contributed by atoms with Crippen LogP contribution in [0, 0.1) is 13.8 Å². The number of hydrogen-bond acceptors (Lipinski definition) is 3. The molecular weight excluding hydrogens is 230 g/mol. The summed E-state index contributed by atoms with van der Waals surface area (Å²) >= 11 is 0. The van der Waals surface area contributed by atoms with Crippen LogP contribution in [0.25, 0.3) is 0 Å². The third-order valence-corrected chi connectivity index (χ3v) is 2.59. The minimum atomic E-state index is -0.946. The molecule has 0 aliphatic rings. The van der Waals surface area contributed by atoms with Crippen LogP contribution in [0.15, 0.2) is 36.5 Å². The van der Waals surface area contributed by atoms with Crippen LogP contribution in [-0.2, 0) is 0 Å². The fourth-order valence-electron chi connectivity index (χ4n) is 1.58. The Morgan fingerprint density at radius 2 is 2.00 bits per heavy atom. The molecule has 1 aromatic heterocycles. The molecule has 0 fully saturated rings. The number of carbonyl (C=O) groups is 1. The van der Waals surface area contributed by atoms with Crippen molar-refractivity contribution in [2.75, 3.05) is 0 Å². The number of ether oxygens (including phenoxy) is 1. The predicted octanol–water partition coefficient (Wildman–Crippen LogP) is 3.19. The summed E-state index contributed by atoms with van der Waals surface area (Å²) in [6.07, 6.45) is 1.66. The number of hydrogen-bond donors (Lipinski definition) is 1. The van der Waals surface area contributed by atoms with Gasteiger partial charge in [-0.2, -0.15) is 0 Å². The average molecular weight is 243 g/mol. The zero-order valence-electron chi connectivity index (χ0n) is 10.2. The third-order valence-electron chi connectivity index (χ3n) is 2.59. The van der Waals surface area contributed by atoms with Crippen LogP contribution in [0.5, 0.6) is 11.6 Å². The number of rotatable bonds is 3. The topological polar surface area (TPSA) is 59.4 Å². The van der Waals surface area contributed by atoms with Gasteiger partial charge < -0.3 is 9.84 Å². The Bertz CT molecular complexity index is 593. The molecule has 1 heterocycles. The first-order chi connectivity index (χ1) is 8.58. The summed E-state index contributed by atoms with van der Waals surface area (Å²) < 4.78 is 5.67. The van der Waals surface area contributed by atoms with Crippen molar-refractivity contribution < 1.29 is 14.6 Å². The second-order valence-electron chi connectivity index (χ2n) is 4.01. The van der Waals surface area contributed by atoms with Crippen LogP contribution in [0.2, 0.25) is 0 Å². The minimum Gasteiger partial charge on any atom is -0.478 e. The fourth-order valence-corrected chi connectivity index (χ4v) is 1.58. The Morgan fingerprint density at radius 1 is 1.22 bits per heavy atom. The summed E-state index contributed by atoms with van der Waals surface area (Å²) in [5.41, 5.74) is 1.94. The maximum Gasteiger partial charge on any atom is 0.335 e. The molecule has 1 N–H and O–H groups in total. The lowest BCUT2D eigenvalue weighted by molar-refractivity contribution is 0.0697. The monoisotopic (exact) mass is 243 g/mol. The first-order valence-corrected chi connectivity index (χ1v) is 5.51. The molecule has 92 valence electrons. The van der Waals surface area contributed by atoms with Gasteiger partial charge in [-0.15, -0.1) is 0 Å². The normalized spacial score (nSPS) is 10.1. The van der Waals surface area contributed by atoms with E-state index in [0.29, 0.717) is 11.6 Å². The lowest BCUT2D eigenvalue weighted by Crippen LogP contribution is -1.98. The van der Waals surface area contributed by atoms with Crippen LogP contribution >= 0.6 is 0 Å². The molecule has 0 radical (unpaired) electrons. The van der Waals surface area contributed by atoms with E-state index >= 15 is 0 Å². The number of nitrogens with zero attached hydrogens (tertiary/aromatic N) is 1. The Morgan fingerprint density at radius 3 is 2.61 bits per heavy atom. The van der Waals surface area contributed by atoms with Gasteiger partial charge in [-0.25, -0.2) is 9.78 Å². The highest BCUT2D eigenvalue weighted by molar-refractivity contribution is 5.88. The molecule has 0 aliphatic heterocycles. The molecule has 18 heavy (non-hydrogen) atoms. The Balaban J connectivity index is 2.30. The van der Waals surface area contributed by atoms with Crippen molar-refractivity contribution in [3.8, 4) is 11.6 Å². The second-order valence-corrected chi connectivity index (χ2v) is 4.01. The molecule has 0 spiro atoms. The molecule has 0 unspecified atom stereocenters. The van der Waals surface area contributed by atoms with Crippen molar-refractivity contribution in [1.29, 1.82) is 0 Å². The van der Waals surface area contributed by atoms with E-state index in [1.807, 2.05) is 19.1 Å². The number of carboxylic acid groups (broad SMARTS) is 1. The van der Waals surface area contributed by atoms with E-state index < -0.39 is 5.97 Å². The molecule has 4 nitrogen and oxygen atoms in total. The summed E-state index contributed by atoms with van der Waals surface area (Å²) in [7, 11) is 0. The highest BCUT2D eigenvalue weighted by Gasteiger charge is 2.08. The third kappa shape index (κ3) is 2.48. The number of aromatic nitrogens is 1. The highest BCUT2D eigenvalue weighted by Crippen LogP contribution is 2.26. The van der Waals surface area contributed by atoms with Gasteiger partial charge in [0, 0.05) is 11.8 Å². The van der Waals surface area contributed by atoms with Gasteiger partial charge >= 0.3 is 5.97 Å². The lowest BCUT2D eigenvalue weighted by Gasteiger charge is -2.10. The summed E-state index contributed by atoms with van der Waals surface area (Å²) in [4.78, 5) is 15.0. The van der Waals surface area contributed by atoms with E-state index in [1.165, 1.54) is 6.07 Å². The molecule has 0 aliphatic carbocycles. The molecular formula is C14H13NO3. The average Bonchev–Trinajstić information content (AvgIpc) is 2.34. The molecule has 0 bridgehead atoms. The molecule has 4 heteroatoms. The van der Waals surface area contributed by atoms with Gasteiger partial charge in [-0.05, 0) is 43.7 Å². The van der Waals surface area contributed by atoms with E-state index in [1.54, 1.807) is 25.3 Å². The van der Waals surface area contributed by atoms with Crippen LogP contribution in [0.4, 0.5) is 0 Å². The lowest BCUT2D eigenvalue weighted by atomic mass is 10.1. The van der Waals surface area contributed by atoms with Gasteiger partial charge in [0.1, 0.15) is 5.75 Å². The van der Waals surface area contributed by atoms with Crippen molar-refractivity contribution in [3.05, 3.63) is 53.2 Å². The largest absolute Gasteiger partial charge is 0.478 e. The van der Waals surface area contributed by atoms with E-state index in [4.69, 9.17) is 9.84 Å². The molecule has 0 saturated heterocycles. The van der Waals surface area contributed by atoms with Crippen molar-refractivity contribution in [1.82, 2.24) is 4.98 Å². The summed E-state index contributed by atoms with van der Waals surface area (Å²) in [5, 5.41) is 8.88. The zero-order valence-corrected chi connectivity index (χ0v) is 10.2. The molecule has 0 atom stereocenters. The van der Waals surface area contributed by atoms with Crippen LogP contribution in [-0.4, -0.2) is 16.1 Å². The smallest absolute Gasteiger partial charge is 0.335 e. The van der Waals surface area contributed by atoms with Gasteiger partial charge in [0.25, 0.3) is 0 Å².